The minimum atomic E-state index is -2.30. The second-order valence-electron chi connectivity index (χ2n) is 25.1. The SMILES string of the molecule is CCC(c1ccccc1)[C@H](N)C(=O)N[C@@H](Cc1ccc(OC2OC(CO)C(OC3OC(COCc4ccc5cc(OC)ccc5c4)C(O)C(O)C3O)C(O)C2O)cc1)C(=O)N[C@H](C(=O)N[C@H](C(=O)N[C@H]([C]=O)CO)C(O)C1CNC(=N)N1C1OC(CO)C(O)C(O)C1O)C(O)C1CNC(=N)N1. The van der Waals surface area contributed by atoms with Gasteiger partial charge in [0.15, 0.2) is 24.4 Å². The summed E-state index contributed by atoms with van der Waals surface area (Å²) in [4.78, 5) is 71.3. The first kappa shape index (κ1) is 77.2. The minimum Gasteiger partial charge on any atom is -0.497 e. The Morgan fingerprint density at radius 1 is 0.663 bits per heavy atom. The molecule has 36 nitrogen and oxygen atoms in total. The first-order valence-electron chi connectivity index (χ1n) is 32.6. The average molecular weight is 1420 g/mol. The molecule has 20 unspecified atom stereocenters. The molecule has 553 valence electrons. The van der Waals surface area contributed by atoms with Crippen molar-refractivity contribution in [1.82, 2.24) is 42.1 Å². The monoisotopic (exact) mass is 1420 g/mol. The lowest BCUT2D eigenvalue weighted by Crippen LogP contribution is -2.69. The van der Waals surface area contributed by atoms with Crippen LogP contribution in [-0.2, 0) is 60.7 Å². The Morgan fingerprint density at radius 3 is 1.93 bits per heavy atom. The van der Waals surface area contributed by atoms with E-state index >= 15 is 4.79 Å². The summed E-state index contributed by atoms with van der Waals surface area (Å²) in [5, 5.41) is 179. The predicted molar refractivity (Wildman–Crippen MR) is 348 cm³/mol. The molecule has 0 aromatic heterocycles. The Bertz CT molecular complexity index is 3460. The van der Waals surface area contributed by atoms with Crippen LogP contribution < -0.4 is 52.4 Å². The smallest absolute Gasteiger partial charge is 0.246 e. The zero-order valence-electron chi connectivity index (χ0n) is 54.7. The zero-order valence-corrected chi connectivity index (χ0v) is 54.7. The van der Waals surface area contributed by atoms with Crippen LogP contribution in [0.3, 0.4) is 0 Å². The van der Waals surface area contributed by atoms with Gasteiger partial charge in [0.2, 0.25) is 36.2 Å². The zero-order chi connectivity index (χ0) is 73.1. The van der Waals surface area contributed by atoms with Crippen molar-refractivity contribution in [2.24, 2.45) is 5.73 Å². The van der Waals surface area contributed by atoms with Crippen molar-refractivity contribution in [1.29, 1.82) is 10.8 Å². The number of fused-ring (bicyclic) bond motifs is 1. The fraction of sp³-hybridized carbons (Fsp3) is 0.554. The topological polar surface area (TPSA) is 574 Å². The number of benzene rings is 4. The normalized spacial score (nSPS) is 30.6. The van der Waals surface area contributed by atoms with E-state index in [0.29, 0.717) is 17.7 Å². The number of nitrogens with one attached hydrogen (secondary N) is 9. The minimum absolute atomic E-state index is 0.0431. The van der Waals surface area contributed by atoms with Crippen LogP contribution in [0.15, 0.2) is 91.0 Å². The second kappa shape index (κ2) is 34.8. The van der Waals surface area contributed by atoms with Crippen LogP contribution in [0.5, 0.6) is 11.5 Å². The number of carbonyl (C=O) groups excluding carboxylic acids is 5. The van der Waals surface area contributed by atoms with Crippen molar-refractivity contribution in [3.63, 3.8) is 0 Å². The molecule has 1 radical (unpaired) electrons. The van der Waals surface area contributed by atoms with Gasteiger partial charge in [-0.3, -0.25) is 34.8 Å². The fourth-order valence-electron chi connectivity index (χ4n) is 12.7. The third-order valence-corrected chi connectivity index (χ3v) is 18.5. The summed E-state index contributed by atoms with van der Waals surface area (Å²) in [5.74, 6) is -5.78. The van der Waals surface area contributed by atoms with E-state index in [1.165, 1.54) is 30.6 Å². The number of aliphatic hydroxyl groups excluding tert-OH is 13. The molecule has 4 aromatic rings. The van der Waals surface area contributed by atoms with Crippen molar-refractivity contribution in [2.45, 2.75) is 179 Å². The van der Waals surface area contributed by atoms with Gasteiger partial charge in [-0.2, -0.15) is 0 Å². The number of nitrogens with zero attached hydrogens (tertiary/aromatic N) is 1. The number of aliphatic hydroxyl groups is 13. The molecule has 5 fully saturated rings. The highest BCUT2D eigenvalue weighted by Gasteiger charge is 2.54. The van der Waals surface area contributed by atoms with E-state index in [-0.39, 0.29) is 37.0 Å². The average Bonchev–Trinajstić information content (AvgIpc) is 1.71. The molecule has 5 aliphatic rings. The van der Waals surface area contributed by atoms with Crippen LogP contribution in [0, 0.1) is 10.8 Å². The largest absolute Gasteiger partial charge is 0.497 e. The molecule has 5 heterocycles. The molecule has 24 N–H and O–H groups in total. The maximum atomic E-state index is 15.1. The van der Waals surface area contributed by atoms with Gasteiger partial charge in [0.05, 0.1) is 58.3 Å². The number of nitrogens with two attached hydrogens (primary N) is 1. The molecule has 0 aliphatic carbocycles. The third-order valence-electron chi connectivity index (χ3n) is 18.5. The van der Waals surface area contributed by atoms with Crippen molar-refractivity contribution in [3.05, 3.63) is 108 Å². The van der Waals surface area contributed by atoms with Gasteiger partial charge in [-0.1, -0.05) is 67.6 Å². The van der Waals surface area contributed by atoms with Crippen molar-refractivity contribution in [2.75, 3.05) is 46.6 Å². The molecule has 25 atom stereocenters. The van der Waals surface area contributed by atoms with Crippen LogP contribution in [0.25, 0.3) is 10.8 Å². The quantitative estimate of drug-likeness (QED) is 0.0222. The number of ether oxygens (including phenoxy) is 7. The van der Waals surface area contributed by atoms with Gasteiger partial charge in [-0.25, -0.2) is 0 Å². The fourth-order valence-corrected chi connectivity index (χ4v) is 12.7. The first-order valence-corrected chi connectivity index (χ1v) is 32.6. The van der Waals surface area contributed by atoms with E-state index in [1.54, 1.807) is 50.4 Å². The number of methoxy groups -OCH3 is 1. The molecule has 0 spiro atoms. The number of carbonyl (C=O) groups is 4. The lowest BCUT2D eigenvalue weighted by molar-refractivity contribution is -0.353. The van der Waals surface area contributed by atoms with E-state index in [2.05, 4.69) is 37.2 Å². The molecule has 5 aliphatic heterocycles. The molecular formula is C65H88N11O25. The summed E-state index contributed by atoms with van der Waals surface area (Å²) < 4.78 is 40.4. The van der Waals surface area contributed by atoms with Gasteiger partial charge in [0, 0.05) is 25.4 Å². The Morgan fingerprint density at radius 2 is 1.28 bits per heavy atom. The highest BCUT2D eigenvalue weighted by Crippen LogP contribution is 2.33. The lowest BCUT2D eigenvalue weighted by atomic mass is 9.89. The van der Waals surface area contributed by atoms with Crippen molar-refractivity contribution in [3.8, 4) is 11.5 Å². The highest BCUT2D eigenvalue weighted by atomic mass is 16.7. The molecule has 5 saturated heterocycles. The summed E-state index contributed by atoms with van der Waals surface area (Å²) >= 11 is 0. The van der Waals surface area contributed by atoms with Crippen molar-refractivity contribution >= 4 is 52.6 Å². The van der Waals surface area contributed by atoms with Gasteiger partial charge in [0.1, 0.15) is 121 Å². The van der Waals surface area contributed by atoms with Crippen LogP contribution >= 0.6 is 0 Å². The van der Waals surface area contributed by atoms with E-state index in [0.717, 1.165) is 21.2 Å². The Kier molecular flexibility index (Phi) is 26.6. The van der Waals surface area contributed by atoms with Crippen LogP contribution in [-0.4, -0.2) is 306 Å². The van der Waals surface area contributed by atoms with E-state index < -0.39 is 215 Å². The Balaban J connectivity index is 0.922. The highest BCUT2D eigenvalue weighted by molar-refractivity contribution is 5.96. The molecular weight excluding hydrogens is 1330 g/mol. The maximum absolute atomic E-state index is 15.1. The van der Waals surface area contributed by atoms with Crippen molar-refractivity contribution < 1.29 is 124 Å². The van der Waals surface area contributed by atoms with Crippen LogP contribution in [0.4, 0.5) is 0 Å². The molecule has 0 saturated carbocycles. The van der Waals surface area contributed by atoms with Gasteiger partial charge in [-0.05, 0) is 64.2 Å². The van der Waals surface area contributed by atoms with Gasteiger partial charge in [-0.15, -0.1) is 0 Å². The van der Waals surface area contributed by atoms with E-state index in [4.69, 9.17) is 49.7 Å². The summed E-state index contributed by atoms with van der Waals surface area (Å²) in [7, 11) is 1.56. The standard InChI is InChI=1S/C65H88N11O25/c1-3-36(30-7-5-4-6-8-30)43(66)58(92)72-37(57(91)74-44(46(81)38-20-69-64(67)73-38)60(94)75-45(59(93)71-33(22-77)23-78)47(82)39-21-70-65(68)76(39)61-53(88)50(85)48(83)40(24-79)98-61)18-28-10-14-34(15-11-28)97-62-55(90)52(87)56(41(25-80)99-62)101-63-54(89)51(86)49(84)42(100-63)27-96-26-29-9-12-32-19-35(95-2)16-13-31(32)17-29/h4-17,19,33,36-56,61-63,77,79-90H,3,18,20-22,24-27,66H2,1-2H3,(H2,68,70)(H,71,93)(H,72,92)(H,74,91)(H,75,94)(H3,67,69,73)/t33-,36?,37-,38?,39?,40?,41?,42?,43-,44-,45-,46?,47?,48?,49?,50?,51?,52?,53?,54?,55?,56?,61?,62?,63?/m0/s1. The Labute approximate surface area is 577 Å². The van der Waals surface area contributed by atoms with E-state index in [1.807, 2.05) is 30.3 Å². The summed E-state index contributed by atoms with van der Waals surface area (Å²) in [6.45, 7) is -1.98. The molecule has 4 aromatic carbocycles. The molecule has 36 heteroatoms. The molecule has 4 amide bonds. The number of guanidine groups is 2. The lowest BCUT2D eigenvalue weighted by Gasteiger charge is -2.46. The number of amides is 4. The van der Waals surface area contributed by atoms with Gasteiger partial charge < -0.3 is 147 Å². The van der Waals surface area contributed by atoms with Gasteiger partial charge >= 0.3 is 0 Å². The van der Waals surface area contributed by atoms with E-state index in [9.17, 15) is 85.6 Å². The number of hydrogen-bond acceptors (Lipinski definition) is 28. The molecule has 9 rings (SSSR count). The second-order valence-corrected chi connectivity index (χ2v) is 25.1. The Hall–Kier alpha value is -7.93. The molecule has 101 heavy (non-hydrogen) atoms. The maximum Gasteiger partial charge on any atom is 0.246 e. The summed E-state index contributed by atoms with van der Waals surface area (Å²) in [5.41, 5.74) is 8.33. The van der Waals surface area contributed by atoms with Crippen LogP contribution in [0.2, 0.25) is 0 Å². The molecule has 0 bridgehead atoms. The van der Waals surface area contributed by atoms with Gasteiger partial charge in [0.25, 0.3) is 0 Å². The number of hydrogen-bond donors (Lipinski definition) is 23. The predicted octanol–water partition coefficient (Wildman–Crippen LogP) is -8.59. The summed E-state index contributed by atoms with van der Waals surface area (Å²) in [6, 6.07) is 13.2. The summed E-state index contributed by atoms with van der Waals surface area (Å²) in [6.07, 6.45) is -29.5. The van der Waals surface area contributed by atoms with Crippen LogP contribution in [0.1, 0.15) is 36.0 Å². The number of rotatable bonds is 31. The first-order chi connectivity index (χ1) is 48.3. The third kappa shape index (κ3) is 17.9.